The van der Waals surface area contributed by atoms with Gasteiger partial charge in [-0.15, -0.1) is 5.10 Å². The molecule has 0 radical (unpaired) electrons. The molecule has 6 heteroatoms. The first kappa shape index (κ1) is 13.4. The number of aromatic nitrogens is 4. The molecule has 4 rings (SSSR count). The maximum Gasteiger partial charge on any atom is 0.245 e. The first-order valence-electron chi connectivity index (χ1n) is 7.91. The highest BCUT2D eigenvalue weighted by molar-refractivity contribution is 5.78. The van der Waals surface area contributed by atoms with Crippen molar-refractivity contribution in [2.24, 2.45) is 0 Å². The van der Waals surface area contributed by atoms with Crippen LogP contribution in [0.2, 0.25) is 0 Å². The molecule has 1 aromatic heterocycles. The zero-order chi connectivity index (χ0) is 15.0. The van der Waals surface area contributed by atoms with E-state index in [2.05, 4.69) is 27.7 Å². The van der Waals surface area contributed by atoms with Gasteiger partial charge >= 0.3 is 0 Å². The van der Waals surface area contributed by atoms with Gasteiger partial charge in [0, 0.05) is 6.54 Å². The van der Waals surface area contributed by atoms with E-state index in [0.717, 1.165) is 37.1 Å². The number of rotatable bonds is 2. The van der Waals surface area contributed by atoms with Crippen LogP contribution in [0.25, 0.3) is 0 Å². The zero-order valence-corrected chi connectivity index (χ0v) is 12.5. The predicted octanol–water partition coefficient (Wildman–Crippen LogP) is 1.87. The summed E-state index contributed by atoms with van der Waals surface area (Å²) in [7, 11) is 0. The molecule has 0 N–H and O–H groups in total. The van der Waals surface area contributed by atoms with Crippen LogP contribution in [-0.2, 0) is 23.4 Å². The van der Waals surface area contributed by atoms with Crippen LogP contribution in [0.15, 0.2) is 30.3 Å². The van der Waals surface area contributed by atoms with Gasteiger partial charge in [-0.05, 0) is 28.8 Å². The second-order valence-corrected chi connectivity index (χ2v) is 6.22. The normalized spacial score (nSPS) is 20.2. The molecule has 1 saturated carbocycles. The highest BCUT2D eigenvalue weighted by Crippen LogP contribution is 2.44. The van der Waals surface area contributed by atoms with Crippen molar-refractivity contribution in [3.05, 3.63) is 41.7 Å². The van der Waals surface area contributed by atoms with Crippen molar-refractivity contribution in [3.8, 4) is 0 Å². The Kier molecular flexibility index (Phi) is 3.17. The number of nitrogens with zero attached hydrogens (tertiary/aromatic N) is 5. The van der Waals surface area contributed by atoms with Gasteiger partial charge in [0.25, 0.3) is 0 Å². The molecule has 22 heavy (non-hydrogen) atoms. The molecule has 0 bridgehead atoms. The van der Waals surface area contributed by atoms with Crippen molar-refractivity contribution in [3.63, 3.8) is 0 Å². The average molecular weight is 297 g/mol. The third kappa shape index (κ3) is 2.01. The summed E-state index contributed by atoms with van der Waals surface area (Å²) in [5.41, 5.74) is 0.828. The molecule has 114 valence electrons. The monoisotopic (exact) mass is 297 g/mol. The van der Waals surface area contributed by atoms with Gasteiger partial charge in [0.15, 0.2) is 5.82 Å². The molecule has 1 amide bonds. The molecule has 0 saturated heterocycles. The van der Waals surface area contributed by atoms with E-state index in [0.29, 0.717) is 6.54 Å². The van der Waals surface area contributed by atoms with Gasteiger partial charge in [-0.25, -0.2) is 4.68 Å². The number of benzene rings is 1. The summed E-state index contributed by atoms with van der Waals surface area (Å²) in [6.45, 7) is 0.878. The Bertz CT molecular complexity index is 675. The molecule has 1 aromatic carbocycles. The number of hydrogen-bond donors (Lipinski definition) is 0. The maximum absolute atomic E-state index is 12.7. The molecule has 1 aliphatic carbocycles. The fourth-order valence-electron chi connectivity index (χ4n) is 3.85. The lowest BCUT2D eigenvalue weighted by Crippen LogP contribution is -2.56. The van der Waals surface area contributed by atoms with Crippen LogP contribution in [0.5, 0.6) is 0 Å². The molecule has 1 aliphatic heterocycles. The van der Waals surface area contributed by atoms with Crippen LogP contribution in [0.1, 0.15) is 43.5 Å². The van der Waals surface area contributed by atoms with Gasteiger partial charge in [0.2, 0.25) is 5.91 Å². The molecular weight excluding hydrogens is 278 g/mol. The number of tetrazole rings is 1. The summed E-state index contributed by atoms with van der Waals surface area (Å²) in [5.74, 6) is 0.980. The van der Waals surface area contributed by atoms with Gasteiger partial charge in [-0.2, -0.15) is 0 Å². The molecule has 1 spiro atoms. The Hall–Kier alpha value is -2.24. The van der Waals surface area contributed by atoms with E-state index in [4.69, 9.17) is 0 Å². The fourth-order valence-corrected chi connectivity index (χ4v) is 3.85. The minimum atomic E-state index is -0.326. The van der Waals surface area contributed by atoms with E-state index in [1.807, 2.05) is 23.1 Å². The predicted molar refractivity (Wildman–Crippen MR) is 79.6 cm³/mol. The van der Waals surface area contributed by atoms with Crippen LogP contribution in [0, 0.1) is 0 Å². The molecule has 2 heterocycles. The first-order valence-corrected chi connectivity index (χ1v) is 7.91. The van der Waals surface area contributed by atoms with E-state index in [-0.39, 0.29) is 18.0 Å². The second kappa shape index (κ2) is 5.19. The standard InChI is InChI=1S/C16H19N5O/c22-14-12-21-15(17-18-19-21)16(9-5-2-6-10-16)20(14)11-13-7-3-1-4-8-13/h1,3-4,7-8H,2,5-6,9-12H2. The number of amides is 1. The fraction of sp³-hybridized carbons (Fsp3) is 0.500. The largest absolute Gasteiger partial charge is 0.324 e. The molecule has 0 atom stereocenters. The Morgan fingerprint density at radius 1 is 1.09 bits per heavy atom. The van der Waals surface area contributed by atoms with Crippen molar-refractivity contribution in [2.45, 2.75) is 50.7 Å². The third-order valence-corrected chi connectivity index (χ3v) is 4.92. The number of carbonyl (C=O) groups is 1. The molecule has 2 aromatic rings. The summed E-state index contributed by atoms with van der Waals surface area (Å²) < 4.78 is 1.69. The van der Waals surface area contributed by atoms with Gasteiger partial charge in [-0.1, -0.05) is 49.6 Å². The van der Waals surface area contributed by atoms with Crippen molar-refractivity contribution in [1.82, 2.24) is 25.1 Å². The molecule has 1 fully saturated rings. The van der Waals surface area contributed by atoms with Gasteiger partial charge in [-0.3, -0.25) is 4.79 Å². The molecular formula is C16H19N5O. The zero-order valence-electron chi connectivity index (χ0n) is 12.5. The maximum atomic E-state index is 12.7. The second-order valence-electron chi connectivity index (χ2n) is 6.22. The first-order chi connectivity index (χ1) is 10.8. The van der Waals surface area contributed by atoms with E-state index in [1.54, 1.807) is 4.68 Å². The quantitative estimate of drug-likeness (QED) is 0.849. The van der Waals surface area contributed by atoms with Crippen LogP contribution >= 0.6 is 0 Å². The lowest BCUT2D eigenvalue weighted by atomic mass is 9.78. The van der Waals surface area contributed by atoms with E-state index in [9.17, 15) is 4.79 Å². The number of carbonyl (C=O) groups excluding carboxylic acids is 1. The van der Waals surface area contributed by atoms with Crippen LogP contribution < -0.4 is 0 Å². The van der Waals surface area contributed by atoms with Gasteiger partial charge in [0.1, 0.15) is 12.1 Å². The summed E-state index contributed by atoms with van der Waals surface area (Å²) >= 11 is 0. The smallest absolute Gasteiger partial charge is 0.245 e. The van der Waals surface area contributed by atoms with Crippen LogP contribution in [-0.4, -0.2) is 31.0 Å². The molecule has 0 unspecified atom stereocenters. The number of fused-ring (bicyclic) bond motifs is 2. The third-order valence-electron chi connectivity index (χ3n) is 4.92. The highest BCUT2D eigenvalue weighted by Gasteiger charge is 2.49. The minimum Gasteiger partial charge on any atom is -0.324 e. The summed E-state index contributed by atoms with van der Waals surface area (Å²) in [6.07, 6.45) is 5.35. The summed E-state index contributed by atoms with van der Waals surface area (Å²) in [5, 5.41) is 12.1. The molecule has 2 aliphatic rings. The van der Waals surface area contributed by atoms with Crippen molar-refractivity contribution < 1.29 is 4.79 Å². The Morgan fingerprint density at radius 3 is 2.64 bits per heavy atom. The number of hydrogen-bond acceptors (Lipinski definition) is 4. The lowest BCUT2D eigenvalue weighted by molar-refractivity contribution is -0.146. The lowest BCUT2D eigenvalue weighted by Gasteiger charge is -2.47. The summed E-state index contributed by atoms with van der Waals surface area (Å²) in [6, 6.07) is 10.2. The van der Waals surface area contributed by atoms with Crippen molar-refractivity contribution >= 4 is 5.91 Å². The topological polar surface area (TPSA) is 63.9 Å². The van der Waals surface area contributed by atoms with Crippen molar-refractivity contribution in [2.75, 3.05) is 0 Å². The van der Waals surface area contributed by atoms with Crippen molar-refractivity contribution in [1.29, 1.82) is 0 Å². The van der Waals surface area contributed by atoms with Crippen LogP contribution in [0.4, 0.5) is 0 Å². The Balaban J connectivity index is 1.76. The van der Waals surface area contributed by atoms with E-state index in [1.165, 1.54) is 6.42 Å². The SMILES string of the molecule is O=C1Cn2nnnc2C2(CCCCC2)N1Cc1ccccc1. The summed E-state index contributed by atoms with van der Waals surface area (Å²) in [4.78, 5) is 14.8. The van der Waals surface area contributed by atoms with E-state index >= 15 is 0 Å². The van der Waals surface area contributed by atoms with Gasteiger partial charge in [0.05, 0.1) is 0 Å². The van der Waals surface area contributed by atoms with Crippen LogP contribution in [0.3, 0.4) is 0 Å². The Labute approximate surface area is 129 Å². The van der Waals surface area contributed by atoms with E-state index < -0.39 is 0 Å². The average Bonchev–Trinajstić information content (AvgIpc) is 3.02. The van der Waals surface area contributed by atoms with Gasteiger partial charge < -0.3 is 4.90 Å². The minimum absolute atomic E-state index is 0.116. The highest BCUT2D eigenvalue weighted by atomic mass is 16.2. The Morgan fingerprint density at radius 2 is 1.86 bits per heavy atom. The molecule has 6 nitrogen and oxygen atoms in total.